The van der Waals surface area contributed by atoms with E-state index in [1.54, 1.807) is 4.90 Å². The Morgan fingerprint density at radius 2 is 2.08 bits per heavy atom. The summed E-state index contributed by atoms with van der Waals surface area (Å²) in [5.41, 5.74) is 3.39. The van der Waals surface area contributed by atoms with E-state index in [-0.39, 0.29) is 18.0 Å². The van der Waals surface area contributed by atoms with E-state index in [2.05, 4.69) is 10.6 Å². The molecule has 2 aliphatic heterocycles. The molecule has 1 aromatic rings. The topological polar surface area (TPSA) is 70.7 Å². The van der Waals surface area contributed by atoms with Crippen LogP contribution in [0.25, 0.3) is 0 Å². The second kappa shape index (κ2) is 7.05. The van der Waals surface area contributed by atoms with Gasteiger partial charge in [0.25, 0.3) is 5.91 Å². The second-order valence-corrected chi connectivity index (χ2v) is 6.06. The second-order valence-electron chi connectivity index (χ2n) is 6.06. The van der Waals surface area contributed by atoms with Crippen molar-refractivity contribution in [1.82, 2.24) is 15.5 Å². The predicted molar refractivity (Wildman–Crippen MR) is 90.3 cm³/mol. The van der Waals surface area contributed by atoms with Crippen molar-refractivity contribution < 1.29 is 14.3 Å². The number of rotatable bonds is 6. The number of hydrogen-bond donors (Lipinski definition) is 2. The van der Waals surface area contributed by atoms with Crippen molar-refractivity contribution in [3.05, 3.63) is 46.7 Å². The average Bonchev–Trinajstić information content (AvgIpc) is 2.87. The molecule has 0 saturated carbocycles. The number of amides is 3. The third-order valence-electron chi connectivity index (χ3n) is 4.44. The molecule has 6 nitrogen and oxygen atoms in total. The van der Waals surface area contributed by atoms with Crippen molar-refractivity contribution in [3.63, 3.8) is 0 Å². The number of urea groups is 1. The molecule has 2 aliphatic rings. The zero-order chi connectivity index (χ0) is 17.1. The molecule has 0 fully saturated rings. The van der Waals surface area contributed by atoms with E-state index in [1.807, 2.05) is 38.1 Å². The molecule has 0 radical (unpaired) electrons. The van der Waals surface area contributed by atoms with Gasteiger partial charge in [-0.2, -0.15) is 0 Å². The minimum Gasteiger partial charge on any atom is -0.382 e. The molecule has 2 N–H and O–H groups in total. The summed E-state index contributed by atoms with van der Waals surface area (Å²) in [4.78, 5) is 26.6. The monoisotopic (exact) mass is 329 g/mol. The molecule has 2 heterocycles. The summed E-state index contributed by atoms with van der Waals surface area (Å²) in [7, 11) is 0. The van der Waals surface area contributed by atoms with Gasteiger partial charge in [-0.3, -0.25) is 4.79 Å². The summed E-state index contributed by atoms with van der Waals surface area (Å²) in [6.07, 6.45) is 0.788. The SMILES string of the molecule is CCOCCCN1CC2=C(C1=O)[C@@H](c1ccccc1C)NC(=O)N2. The van der Waals surface area contributed by atoms with Crippen LogP contribution in [0, 0.1) is 6.92 Å². The molecule has 3 rings (SSSR count). The van der Waals surface area contributed by atoms with Crippen LogP contribution in [-0.4, -0.2) is 43.1 Å². The van der Waals surface area contributed by atoms with Crippen LogP contribution in [0.15, 0.2) is 35.5 Å². The summed E-state index contributed by atoms with van der Waals surface area (Å²) in [5.74, 6) is -0.0118. The Morgan fingerprint density at radius 1 is 1.29 bits per heavy atom. The van der Waals surface area contributed by atoms with Gasteiger partial charge >= 0.3 is 6.03 Å². The molecule has 0 aliphatic carbocycles. The maximum absolute atomic E-state index is 12.8. The van der Waals surface area contributed by atoms with E-state index in [0.29, 0.717) is 37.6 Å². The van der Waals surface area contributed by atoms with Gasteiger partial charge in [-0.05, 0) is 31.4 Å². The third kappa shape index (κ3) is 3.14. The predicted octanol–water partition coefficient (Wildman–Crippen LogP) is 1.87. The average molecular weight is 329 g/mol. The zero-order valence-electron chi connectivity index (χ0n) is 14.1. The Hall–Kier alpha value is -2.34. The van der Waals surface area contributed by atoms with Crippen LogP contribution in [-0.2, 0) is 9.53 Å². The van der Waals surface area contributed by atoms with Gasteiger partial charge in [0, 0.05) is 19.8 Å². The van der Waals surface area contributed by atoms with Gasteiger partial charge in [-0.25, -0.2) is 4.79 Å². The number of aryl methyl sites for hydroxylation is 1. The fourth-order valence-electron chi connectivity index (χ4n) is 3.25. The van der Waals surface area contributed by atoms with Crippen molar-refractivity contribution in [2.75, 3.05) is 26.3 Å². The lowest BCUT2D eigenvalue weighted by Gasteiger charge is -2.26. The lowest BCUT2D eigenvalue weighted by molar-refractivity contribution is -0.126. The van der Waals surface area contributed by atoms with E-state index < -0.39 is 0 Å². The summed E-state index contributed by atoms with van der Waals surface area (Å²) < 4.78 is 5.34. The highest BCUT2D eigenvalue weighted by atomic mass is 16.5. The number of ether oxygens (including phenoxy) is 1. The van der Waals surface area contributed by atoms with E-state index in [9.17, 15) is 9.59 Å². The van der Waals surface area contributed by atoms with Gasteiger partial charge < -0.3 is 20.3 Å². The molecule has 0 spiro atoms. The van der Waals surface area contributed by atoms with E-state index in [1.165, 1.54) is 0 Å². The highest BCUT2D eigenvalue weighted by molar-refractivity contribution is 6.01. The number of carbonyl (C=O) groups is 2. The number of benzene rings is 1. The Bertz CT molecular complexity index is 684. The van der Waals surface area contributed by atoms with Gasteiger partial charge in [0.2, 0.25) is 0 Å². The van der Waals surface area contributed by atoms with Crippen molar-refractivity contribution in [3.8, 4) is 0 Å². The molecular formula is C18H23N3O3. The molecule has 128 valence electrons. The molecule has 0 aromatic heterocycles. The summed E-state index contributed by atoms with van der Waals surface area (Å²) in [6.45, 7) is 6.34. The Labute approximate surface area is 141 Å². The van der Waals surface area contributed by atoms with Crippen LogP contribution in [0.1, 0.15) is 30.5 Å². The first-order chi connectivity index (χ1) is 11.6. The first kappa shape index (κ1) is 16.5. The molecule has 0 unspecified atom stereocenters. The normalized spacial score (nSPS) is 20.1. The van der Waals surface area contributed by atoms with Gasteiger partial charge in [0.05, 0.1) is 23.9 Å². The number of carbonyl (C=O) groups excluding carboxylic acids is 2. The first-order valence-corrected chi connectivity index (χ1v) is 8.35. The van der Waals surface area contributed by atoms with Gasteiger partial charge in [-0.15, -0.1) is 0 Å². The Morgan fingerprint density at radius 3 is 2.83 bits per heavy atom. The van der Waals surface area contributed by atoms with E-state index >= 15 is 0 Å². The standard InChI is InChI=1S/C18H23N3O3/c1-3-24-10-6-9-21-11-14-15(17(21)22)16(20-18(23)19-14)13-8-5-4-7-12(13)2/h4-5,7-8,16H,3,6,9-11H2,1-2H3,(H2,19,20,23)/t16-/m1/s1. The van der Waals surface area contributed by atoms with Crippen LogP contribution in [0.2, 0.25) is 0 Å². The van der Waals surface area contributed by atoms with E-state index in [4.69, 9.17) is 4.74 Å². The van der Waals surface area contributed by atoms with Crippen LogP contribution >= 0.6 is 0 Å². The van der Waals surface area contributed by atoms with Crippen LogP contribution in [0.4, 0.5) is 4.79 Å². The number of nitrogens with zero attached hydrogens (tertiary/aromatic N) is 1. The minimum absolute atomic E-state index is 0.0118. The van der Waals surface area contributed by atoms with Gasteiger partial charge in [0.1, 0.15) is 0 Å². The molecule has 3 amide bonds. The van der Waals surface area contributed by atoms with Gasteiger partial charge in [0.15, 0.2) is 0 Å². The molecule has 0 saturated heterocycles. The largest absolute Gasteiger partial charge is 0.382 e. The maximum Gasteiger partial charge on any atom is 0.319 e. The molecule has 6 heteroatoms. The van der Waals surface area contributed by atoms with Gasteiger partial charge in [-0.1, -0.05) is 24.3 Å². The smallest absolute Gasteiger partial charge is 0.319 e. The summed E-state index contributed by atoms with van der Waals surface area (Å²) in [6, 6.07) is 7.18. The fourth-order valence-corrected chi connectivity index (χ4v) is 3.25. The summed E-state index contributed by atoms with van der Waals surface area (Å²) in [5, 5.41) is 5.69. The lowest BCUT2D eigenvalue weighted by atomic mass is 9.93. The zero-order valence-corrected chi connectivity index (χ0v) is 14.1. The maximum atomic E-state index is 12.8. The van der Waals surface area contributed by atoms with Crippen molar-refractivity contribution in [2.24, 2.45) is 0 Å². The van der Waals surface area contributed by atoms with Crippen molar-refractivity contribution in [1.29, 1.82) is 0 Å². The quantitative estimate of drug-likeness (QED) is 0.783. The van der Waals surface area contributed by atoms with E-state index in [0.717, 1.165) is 17.5 Å². The van der Waals surface area contributed by atoms with Crippen LogP contribution in [0.3, 0.4) is 0 Å². The molecule has 1 aromatic carbocycles. The van der Waals surface area contributed by atoms with Crippen LogP contribution < -0.4 is 10.6 Å². The third-order valence-corrected chi connectivity index (χ3v) is 4.44. The summed E-state index contributed by atoms with van der Waals surface area (Å²) >= 11 is 0. The molecule has 1 atom stereocenters. The van der Waals surface area contributed by atoms with Crippen molar-refractivity contribution in [2.45, 2.75) is 26.3 Å². The fraction of sp³-hybridized carbons (Fsp3) is 0.444. The Balaban J connectivity index is 1.80. The lowest BCUT2D eigenvalue weighted by Crippen LogP contribution is -2.44. The molecular weight excluding hydrogens is 306 g/mol. The highest BCUT2D eigenvalue weighted by Gasteiger charge is 2.40. The number of hydrogen-bond acceptors (Lipinski definition) is 3. The highest BCUT2D eigenvalue weighted by Crippen LogP contribution is 2.33. The van der Waals surface area contributed by atoms with Crippen molar-refractivity contribution >= 4 is 11.9 Å². The number of nitrogens with one attached hydrogen (secondary N) is 2. The molecule has 24 heavy (non-hydrogen) atoms. The van der Waals surface area contributed by atoms with Crippen LogP contribution in [0.5, 0.6) is 0 Å². The Kier molecular flexibility index (Phi) is 4.85. The molecule has 0 bridgehead atoms. The first-order valence-electron chi connectivity index (χ1n) is 8.35. The minimum atomic E-state index is -0.389.